The molecule has 1 fully saturated rings. The van der Waals surface area contributed by atoms with Gasteiger partial charge in [0.1, 0.15) is 18.4 Å². The van der Waals surface area contributed by atoms with Crippen molar-refractivity contribution < 1.29 is 24.5 Å². The van der Waals surface area contributed by atoms with Crippen LogP contribution >= 0.6 is 0 Å². The Morgan fingerprint density at radius 2 is 2.10 bits per heavy atom. The second-order valence-corrected chi connectivity index (χ2v) is 7.67. The average Bonchev–Trinajstić information content (AvgIpc) is 3.45. The van der Waals surface area contributed by atoms with E-state index >= 15 is 0 Å². The molecule has 1 aromatic carbocycles. The van der Waals surface area contributed by atoms with Crippen molar-refractivity contribution in [2.24, 2.45) is 5.92 Å². The maximum absolute atomic E-state index is 12.2. The highest BCUT2D eigenvalue weighted by molar-refractivity contribution is 5.79. The number of benzene rings is 1. The van der Waals surface area contributed by atoms with E-state index in [-0.39, 0.29) is 18.9 Å². The maximum atomic E-state index is 12.2. The number of aliphatic carboxylic acids is 1. The summed E-state index contributed by atoms with van der Waals surface area (Å²) in [6.45, 7) is 2.65. The number of ether oxygens (including phenoxy) is 1. The normalized spacial score (nSPS) is 15.5. The van der Waals surface area contributed by atoms with Crippen LogP contribution in [0.25, 0.3) is 0 Å². The second kappa shape index (κ2) is 10.3. The fourth-order valence-electron chi connectivity index (χ4n) is 3.33. The van der Waals surface area contributed by atoms with Gasteiger partial charge in [-0.1, -0.05) is 29.5 Å². The molecule has 1 aliphatic rings. The van der Waals surface area contributed by atoms with Crippen molar-refractivity contribution >= 4 is 11.9 Å². The average molecular weight is 416 g/mol. The number of carboxylic acids is 1. The number of nitrogens with one attached hydrogen (secondary N) is 1. The van der Waals surface area contributed by atoms with E-state index in [1.54, 1.807) is 10.9 Å². The van der Waals surface area contributed by atoms with Gasteiger partial charge >= 0.3 is 5.97 Å². The third kappa shape index (κ3) is 6.36. The first-order valence-corrected chi connectivity index (χ1v) is 10.2. The summed E-state index contributed by atoms with van der Waals surface area (Å²) in [6, 6.07) is 6.78. The summed E-state index contributed by atoms with van der Waals surface area (Å²) < 4.78 is 7.08. The second-order valence-electron chi connectivity index (χ2n) is 7.67. The number of amides is 1. The molecule has 1 amide bonds. The van der Waals surface area contributed by atoms with E-state index in [2.05, 4.69) is 15.6 Å². The van der Waals surface area contributed by atoms with Gasteiger partial charge < -0.3 is 20.3 Å². The van der Waals surface area contributed by atoms with Gasteiger partial charge in [0.05, 0.1) is 18.7 Å². The number of nitrogens with zero attached hydrogens (tertiary/aromatic N) is 3. The first-order valence-electron chi connectivity index (χ1n) is 10.2. The van der Waals surface area contributed by atoms with Gasteiger partial charge in [0.25, 0.3) is 0 Å². The lowest BCUT2D eigenvalue weighted by Gasteiger charge is -2.19. The first-order chi connectivity index (χ1) is 14.4. The van der Waals surface area contributed by atoms with Gasteiger partial charge in [0.15, 0.2) is 0 Å². The van der Waals surface area contributed by atoms with Crippen molar-refractivity contribution in [3.05, 3.63) is 47.3 Å². The van der Waals surface area contributed by atoms with E-state index in [9.17, 15) is 14.7 Å². The molecule has 9 nitrogen and oxygen atoms in total. The summed E-state index contributed by atoms with van der Waals surface area (Å²) in [4.78, 5) is 23.4. The fourth-order valence-corrected chi connectivity index (χ4v) is 3.33. The molecule has 162 valence electrons. The Morgan fingerprint density at radius 1 is 1.33 bits per heavy atom. The Hall–Kier alpha value is -2.78. The lowest BCUT2D eigenvalue weighted by molar-refractivity contribution is -0.138. The molecule has 0 aliphatic heterocycles. The number of carboxylic acid groups (broad SMARTS) is 1. The summed E-state index contributed by atoms with van der Waals surface area (Å²) in [6.07, 6.45) is 3.70. The molecule has 1 saturated carbocycles. The molecule has 1 unspecified atom stereocenters. The zero-order valence-corrected chi connectivity index (χ0v) is 17.0. The molecule has 1 aliphatic carbocycles. The Balaban J connectivity index is 1.39. The van der Waals surface area contributed by atoms with Gasteiger partial charge in [0.2, 0.25) is 5.91 Å². The van der Waals surface area contributed by atoms with Crippen molar-refractivity contribution in [1.82, 2.24) is 20.3 Å². The summed E-state index contributed by atoms with van der Waals surface area (Å²) in [5, 5.41) is 30.0. The minimum absolute atomic E-state index is 0.148. The fraction of sp³-hybridized carbons (Fsp3) is 0.524. The molecule has 9 heteroatoms. The Morgan fingerprint density at radius 3 is 2.80 bits per heavy atom. The SMILES string of the molecule is Cc1ccccc1[C@@H](CC(=O)O)NC(=O)COCCCn1cc(C(O)C2CC2)nn1. The van der Waals surface area contributed by atoms with Crippen molar-refractivity contribution in [1.29, 1.82) is 0 Å². The lowest BCUT2D eigenvalue weighted by Crippen LogP contribution is -2.33. The molecule has 0 radical (unpaired) electrons. The molecule has 3 N–H and O–H groups in total. The quantitative estimate of drug-likeness (QED) is 0.450. The first kappa shape index (κ1) is 21.9. The highest BCUT2D eigenvalue weighted by Gasteiger charge is 2.32. The van der Waals surface area contributed by atoms with E-state index in [0.29, 0.717) is 31.2 Å². The van der Waals surface area contributed by atoms with Gasteiger partial charge in [0, 0.05) is 13.2 Å². The smallest absolute Gasteiger partial charge is 0.305 e. The van der Waals surface area contributed by atoms with E-state index in [4.69, 9.17) is 9.84 Å². The lowest BCUT2D eigenvalue weighted by atomic mass is 9.99. The molecule has 0 saturated heterocycles. The van der Waals surface area contributed by atoms with Crippen LogP contribution in [0.1, 0.15) is 54.6 Å². The Kier molecular flexibility index (Phi) is 7.53. The number of aliphatic hydroxyl groups excluding tert-OH is 1. The van der Waals surface area contributed by atoms with Crippen molar-refractivity contribution in [2.45, 2.75) is 51.3 Å². The van der Waals surface area contributed by atoms with Crippen LogP contribution in [0, 0.1) is 12.8 Å². The van der Waals surface area contributed by atoms with Crippen molar-refractivity contribution in [3.63, 3.8) is 0 Å². The summed E-state index contributed by atoms with van der Waals surface area (Å²) >= 11 is 0. The molecule has 1 heterocycles. The monoisotopic (exact) mass is 416 g/mol. The molecular weight excluding hydrogens is 388 g/mol. The number of hydrogen-bond acceptors (Lipinski definition) is 6. The molecule has 0 spiro atoms. The molecule has 2 atom stereocenters. The number of carbonyl (C=O) groups is 2. The minimum atomic E-state index is -0.983. The predicted molar refractivity (Wildman–Crippen MR) is 107 cm³/mol. The molecule has 0 bridgehead atoms. The van der Waals surface area contributed by atoms with Gasteiger partial charge in [-0.15, -0.1) is 5.10 Å². The third-order valence-corrected chi connectivity index (χ3v) is 5.11. The Labute approximate surface area is 175 Å². The number of rotatable bonds is 12. The van der Waals surface area contributed by atoms with E-state index < -0.39 is 18.1 Å². The number of hydrogen-bond donors (Lipinski definition) is 3. The molecule has 3 rings (SSSR count). The van der Waals surface area contributed by atoms with Crippen molar-refractivity contribution in [3.8, 4) is 0 Å². The highest BCUT2D eigenvalue weighted by atomic mass is 16.5. The van der Waals surface area contributed by atoms with Gasteiger partial charge in [-0.3, -0.25) is 14.3 Å². The zero-order chi connectivity index (χ0) is 21.5. The maximum Gasteiger partial charge on any atom is 0.305 e. The third-order valence-electron chi connectivity index (χ3n) is 5.11. The van der Waals surface area contributed by atoms with Crippen LogP contribution in [0.4, 0.5) is 0 Å². The molecule has 1 aromatic heterocycles. The van der Waals surface area contributed by atoms with Gasteiger partial charge in [-0.25, -0.2) is 0 Å². The molecular formula is C21H28N4O5. The van der Waals surface area contributed by atoms with E-state index in [1.165, 1.54) is 0 Å². The number of aryl methyl sites for hydroxylation is 2. The van der Waals surface area contributed by atoms with Crippen LogP contribution in [-0.2, 0) is 20.9 Å². The zero-order valence-electron chi connectivity index (χ0n) is 17.0. The molecule has 2 aromatic rings. The Bertz CT molecular complexity index is 865. The molecule has 30 heavy (non-hydrogen) atoms. The van der Waals surface area contributed by atoms with Crippen LogP contribution in [0.5, 0.6) is 0 Å². The van der Waals surface area contributed by atoms with Crippen LogP contribution in [0.2, 0.25) is 0 Å². The van der Waals surface area contributed by atoms with Crippen LogP contribution in [-0.4, -0.2) is 50.3 Å². The predicted octanol–water partition coefficient (Wildman–Crippen LogP) is 1.77. The number of aliphatic hydroxyl groups is 1. The van der Waals surface area contributed by atoms with Crippen LogP contribution in [0.3, 0.4) is 0 Å². The summed E-state index contributed by atoms with van der Waals surface area (Å²) in [5.41, 5.74) is 2.30. The summed E-state index contributed by atoms with van der Waals surface area (Å²) in [7, 11) is 0. The van der Waals surface area contributed by atoms with Crippen molar-refractivity contribution in [2.75, 3.05) is 13.2 Å². The van der Waals surface area contributed by atoms with E-state index in [1.807, 2.05) is 31.2 Å². The van der Waals surface area contributed by atoms with Gasteiger partial charge in [-0.05, 0) is 43.2 Å². The largest absolute Gasteiger partial charge is 0.481 e. The highest BCUT2D eigenvalue weighted by Crippen LogP contribution is 2.40. The van der Waals surface area contributed by atoms with Gasteiger partial charge in [-0.2, -0.15) is 0 Å². The minimum Gasteiger partial charge on any atom is -0.481 e. The topological polar surface area (TPSA) is 127 Å². The standard InChI is InChI=1S/C21H28N4O5/c1-14-5-2-3-6-16(14)17(11-20(27)28)22-19(26)13-30-10-4-9-25-12-18(23-24-25)21(29)15-7-8-15/h2-3,5-6,12,15,17,21,29H,4,7-11,13H2,1H3,(H,22,26)(H,27,28)/t17-,21?/m1/s1. The van der Waals surface area contributed by atoms with Crippen LogP contribution in [0.15, 0.2) is 30.5 Å². The number of carbonyl (C=O) groups excluding carboxylic acids is 1. The van der Waals surface area contributed by atoms with E-state index in [0.717, 1.165) is 24.0 Å². The number of aromatic nitrogens is 3. The summed E-state index contributed by atoms with van der Waals surface area (Å²) in [5.74, 6) is -1.04. The van der Waals surface area contributed by atoms with Crippen LogP contribution < -0.4 is 5.32 Å².